The van der Waals surface area contributed by atoms with Gasteiger partial charge in [0.1, 0.15) is 6.10 Å². The summed E-state index contributed by atoms with van der Waals surface area (Å²) in [5, 5.41) is 0. The third-order valence-corrected chi connectivity index (χ3v) is 3.28. The Labute approximate surface area is 135 Å². The first kappa shape index (κ1) is 18.7. The lowest BCUT2D eigenvalue weighted by Crippen LogP contribution is -2.14. The Balaban J connectivity index is 2.59. The molecular weight excluding hydrogens is 300 g/mol. The van der Waals surface area contributed by atoms with Crippen LogP contribution in [0.15, 0.2) is 30.3 Å². The van der Waals surface area contributed by atoms with Crippen molar-refractivity contribution in [3.8, 4) is 0 Å². The van der Waals surface area contributed by atoms with E-state index in [0.29, 0.717) is 12.8 Å². The number of methoxy groups -OCH3 is 2. The van der Waals surface area contributed by atoms with Crippen molar-refractivity contribution in [3.05, 3.63) is 35.9 Å². The van der Waals surface area contributed by atoms with Gasteiger partial charge in [-0.15, -0.1) is 0 Å². The smallest absolute Gasteiger partial charge is 0.306 e. The summed E-state index contributed by atoms with van der Waals surface area (Å²) in [6.07, 6.45) is 0.802. The molecule has 0 heterocycles. The van der Waals surface area contributed by atoms with Gasteiger partial charge < -0.3 is 14.2 Å². The summed E-state index contributed by atoms with van der Waals surface area (Å²) in [5.41, 5.74) is 0.851. The summed E-state index contributed by atoms with van der Waals surface area (Å²) in [7, 11) is 2.61. The predicted molar refractivity (Wildman–Crippen MR) is 82.4 cm³/mol. The number of esters is 3. The first-order valence-electron chi connectivity index (χ1n) is 7.45. The summed E-state index contributed by atoms with van der Waals surface area (Å²) < 4.78 is 14.5. The highest BCUT2D eigenvalue weighted by Crippen LogP contribution is 2.24. The Hall–Kier alpha value is -2.37. The molecule has 1 rings (SSSR count). The van der Waals surface area contributed by atoms with Gasteiger partial charge in [-0.05, 0) is 18.4 Å². The van der Waals surface area contributed by atoms with Gasteiger partial charge in [0.05, 0.1) is 27.1 Å². The number of hydrogen-bond acceptors (Lipinski definition) is 6. The Kier molecular flexibility index (Phi) is 8.42. The molecule has 0 aliphatic rings. The van der Waals surface area contributed by atoms with Gasteiger partial charge in [0.2, 0.25) is 0 Å². The van der Waals surface area contributed by atoms with Gasteiger partial charge in [-0.25, -0.2) is 0 Å². The zero-order valence-corrected chi connectivity index (χ0v) is 13.4. The van der Waals surface area contributed by atoms with E-state index in [2.05, 4.69) is 9.47 Å². The number of carbonyl (C=O) groups is 3. The molecule has 1 aromatic carbocycles. The molecule has 0 radical (unpaired) electrons. The number of ether oxygens (including phenoxy) is 3. The third-order valence-electron chi connectivity index (χ3n) is 3.28. The van der Waals surface area contributed by atoms with Crippen LogP contribution in [0.4, 0.5) is 0 Å². The number of carbonyl (C=O) groups excluding carboxylic acids is 3. The molecule has 0 fully saturated rings. The van der Waals surface area contributed by atoms with Gasteiger partial charge in [0, 0.05) is 6.42 Å². The van der Waals surface area contributed by atoms with Crippen molar-refractivity contribution >= 4 is 17.9 Å². The monoisotopic (exact) mass is 322 g/mol. The van der Waals surface area contributed by atoms with Crippen LogP contribution in [0.5, 0.6) is 0 Å². The predicted octanol–water partition coefficient (Wildman–Crippen LogP) is 2.57. The molecule has 0 amide bonds. The van der Waals surface area contributed by atoms with Crippen molar-refractivity contribution in [2.45, 2.75) is 38.2 Å². The maximum absolute atomic E-state index is 11.9. The molecule has 0 saturated heterocycles. The summed E-state index contributed by atoms with van der Waals surface area (Å²) in [6.45, 7) is 0. The van der Waals surface area contributed by atoms with E-state index in [-0.39, 0.29) is 25.2 Å². The van der Waals surface area contributed by atoms with E-state index in [1.54, 1.807) is 0 Å². The van der Waals surface area contributed by atoms with E-state index in [4.69, 9.17) is 4.74 Å². The number of benzene rings is 1. The van der Waals surface area contributed by atoms with Gasteiger partial charge >= 0.3 is 17.9 Å². The Bertz CT molecular complexity index is 511. The minimum atomic E-state index is -0.470. The van der Waals surface area contributed by atoms with Gasteiger partial charge in [-0.2, -0.15) is 0 Å². The van der Waals surface area contributed by atoms with Crippen molar-refractivity contribution in [1.82, 2.24) is 0 Å². The molecule has 0 aromatic heterocycles. The lowest BCUT2D eigenvalue weighted by Gasteiger charge is -2.18. The number of hydrogen-bond donors (Lipinski definition) is 0. The van der Waals surface area contributed by atoms with Gasteiger partial charge in [-0.3, -0.25) is 14.4 Å². The van der Waals surface area contributed by atoms with Crippen molar-refractivity contribution in [2.24, 2.45) is 0 Å². The summed E-state index contributed by atoms with van der Waals surface area (Å²) >= 11 is 0. The fraction of sp³-hybridized carbons (Fsp3) is 0.471. The molecule has 1 atom stereocenters. The van der Waals surface area contributed by atoms with Crippen LogP contribution in [-0.4, -0.2) is 32.1 Å². The summed E-state index contributed by atoms with van der Waals surface area (Å²) in [6, 6.07) is 9.29. The third kappa shape index (κ3) is 7.44. The maximum atomic E-state index is 11.9. The highest BCUT2D eigenvalue weighted by atomic mass is 16.5. The lowest BCUT2D eigenvalue weighted by molar-refractivity contribution is -0.153. The zero-order valence-electron chi connectivity index (χ0n) is 13.4. The zero-order chi connectivity index (χ0) is 17.1. The standard InChI is InChI=1S/C17H22O6/c1-21-15(18)10-6-9-14(13-7-4-3-5-8-13)23-17(20)12-11-16(19)22-2/h3-5,7-8,14H,6,9-12H2,1-2H3/t14-/m0/s1. The van der Waals surface area contributed by atoms with Crippen LogP contribution in [0.2, 0.25) is 0 Å². The first-order valence-corrected chi connectivity index (χ1v) is 7.45. The molecule has 0 aliphatic carbocycles. The second-order valence-electron chi connectivity index (χ2n) is 4.93. The average Bonchev–Trinajstić information content (AvgIpc) is 2.59. The second-order valence-corrected chi connectivity index (χ2v) is 4.93. The molecule has 6 heteroatoms. The van der Waals surface area contributed by atoms with Crippen LogP contribution in [0, 0.1) is 0 Å². The first-order chi connectivity index (χ1) is 11.1. The van der Waals surface area contributed by atoms with Crippen LogP contribution in [-0.2, 0) is 28.6 Å². The van der Waals surface area contributed by atoms with E-state index in [9.17, 15) is 14.4 Å². The quantitative estimate of drug-likeness (QED) is 0.513. The fourth-order valence-corrected chi connectivity index (χ4v) is 2.02. The molecular formula is C17H22O6. The SMILES string of the molecule is COC(=O)CCC[C@H](OC(=O)CCC(=O)OC)c1ccccc1. The largest absolute Gasteiger partial charge is 0.469 e. The Morgan fingerprint density at radius 1 is 0.870 bits per heavy atom. The van der Waals surface area contributed by atoms with Crippen LogP contribution in [0.1, 0.15) is 43.8 Å². The van der Waals surface area contributed by atoms with Crippen molar-refractivity contribution in [1.29, 1.82) is 0 Å². The fourth-order valence-electron chi connectivity index (χ4n) is 2.02. The van der Waals surface area contributed by atoms with Crippen LogP contribution in [0.3, 0.4) is 0 Å². The van der Waals surface area contributed by atoms with Crippen LogP contribution >= 0.6 is 0 Å². The molecule has 0 aliphatic heterocycles. The van der Waals surface area contributed by atoms with E-state index in [1.165, 1.54) is 14.2 Å². The Morgan fingerprint density at radius 3 is 2.04 bits per heavy atom. The molecule has 23 heavy (non-hydrogen) atoms. The Morgan fingerprint density at radius 2 is 1.43 bits per heavy atom. The topological polar surface area (TPSA) is 78.9 Å². The summed E-state index contributed by atoms with van der Waals surface area (Å²) in [5.74, 6) is -1.22. The highest BCUT2D eigenvalue weighted by molar-refractivity contribution is 5.77. The van der Waals surface area contributed by atoms with E-state index in [0.717, 1.165) is 5.56 Å². The molecule has 0 unspecified atom stereocenters. The molecule has 0 N–H and O–H groups in total. The maximum Gasteiger partial charge on any atom is 0.306 e. The van der Waals surface area contributed by atoms with Crippen molar-refractivity contribution in [3.63, 3.8) is 0 Å². The minimum Gasteiger partial charge on any atom is -0.469 e. The van der Waals surface area contributed by atoms with Gasteiger partial charge in [-0.1, -0.05) is 30.3 Å². The summed E-state index contributed by atoms with van der Waals surface area (Å²) in [4.78, 5) is 34.1. The van der Waals surface area contributed by atoms with Crippen LogP contribution < -0.4 is 0 Å². The molecule has 6 nitrogen and oxygen atoms in total. The van der Waals surface area contributed by atoms with Crippen molar-refractivity contribution in [2.75, 3.05) is 14.2 Å². The molecule has 126 valence electrons. The second kappa shape index (κ2) is 10.4. The molecule has 1 aromatic rings. The van der Waals surface area contributed by atoms with E-state index < -0.39 is 18.0 Å². The normalized spacial score (nSPS) is 11.4. The van der Waals surface area contributed by atoms with Gasteiger partial charge in [0.25, 0.3) is 0 Å². The molecule has 0 saturated carbocycles. The van der Waals surface area contributed by atoms with Gasteiger partial charge in [0.15, 0.2) is 0 Å². The molecule has 0 spiro atoms. The van der Waals surface area contributed by atoms with Crippen molar-refractivity contribution < 1.29 is 28.6 Å². The van der Waals surface area contributed by atoms with E-state index >= 15 is 0 Å². The lowest BCUT2D eigenvalue weighted by atomic mass is 10.0. The highest BCUT2D eigenvalue weighted by Gasteiger charge is 2.18. The molecule has 0 bridgehead atoms. The minimum absolute atomic E-state index is 0.0149. The average molecular weight is 322 g/mol. The van der Waals surface area contributed by atoms with Crippen LogP contribution in [0.25, 0.3) is 0 Å². The number of rotatable bonds is 9. The van der Waals surface area contributed by atoms with E-state index in [1.807, 2.05) is 30.3 Å².